The number of hydrogen-bond donors (Lipinski definition) is 1. The van der Waals surface area contributed by atoms with Crippen molar-refractivity contribution in [3.8, 4) is 5.75 Å². The minimum Gasteiger partial charge on any atom is -0.484 e. The van der Waals surface area contributed by atoms with E-state index >= 15 is 0 Å². The van der Waals surface area contributed by atoms with Gasteiger partial charge in [0.2, 0.25) is 0 Å². The molecule has 2 aromatic rings. The number of hydrogen-bond acceptors (Lipinski definition) is 5. The van der Waals surface area contributed by atoms with Gasteiger partial charge in [-0.2, -0.15) is 0 Å². The first kappa shape index (κ1) is 15.9. The van der Waals surface area contributed by atoms with E-state index in [1.807, 2.05) is 26.0 Å². The molecule has 1 N–H and O–H groups in total. The maximum Gasteiger partial charge on any atom is 0.142 e. The van der Waals surface area contributed by atoms with Crippen molar-refractivity contribution < 1.29 is 4.74 Å². The number of nitrogens with one attached hydrogen (secondary N) is 1. The van der Waals surface area contributed by atoms with Crippen molar-refractivity contribution >= 4 is 11.3 Å². The molecule has 0 unspecified atom stereocenters. The van der Waals surface area contributed by atoms with Crippen LogP contribution in [0.2, 0.25) is 0 Å². The minimum absolute atomic E-state index is 0.505. The summed E-state index contributed by atoms with van der Waals surface area (Å²) in [6, 6.07) is 3.98. The first-order valence-corrected chi connectivity index (χ1v) is 8.14. The molecule has 0 aliphatic carbocycles. The van der Waals surface area contributed by atoms with E-state index in [9.17, 15) is 0 Å². The van der Waals surface area contributed by atoms with Gasteiger partial charge in [0.05, 0.1) is 11.4 Å². The van der Waals surface area contributed by atoms with Crippen molar-refractivity contribution in [2.75, 3.05) is 6.54 Å². The summed E-state index contributed by atoms with van der Waals surface area (Å²) in [4.78, 5) is 10.3. The lowest BCUT2D eigenvalue weighted by atomic mass is 10.2. The molecule has 0 radical (unpaired) electrons. The highest BCUT2D eigenvalue weighted by Gasteiger charge is 2.08. The molecule has 2 rings (SSSR count). The Morgan fingerprint density at radius 2 is 2.00 bits per heavy atom. The highest BCUT2D eigenvalue weighted by molar-refractivity contribution is 7.11. The van der Waals surface area contributed by atoms with Gasteiger partial charge in [-0.25, -0.2) is 4.98 Å². The van der Waals surface area contributed by atoms with Gasteiger partial charge >= 0.3 is 0 Å². The van der Waals surface area contributed by atoms with E-state index in [4.69, 9.17) is 4.74 Å². The van der Waals surface area contributed by atoms with Crippen molar-refractivity contribution in [2.24, 2.45) is 0 Å². The Labute approximate surface area is 130 Å². The van der Waals surface area contributed by atoms with E-state index in [0.29, 0.717) is 6.61 Å². The summed E-state index contributed by atoms with van der Waals surface area (Å²) in [7, 11) is 0. The van der Waals surface area contributed by atoms with Crippen LogP contribution in [-0.2, 0) is 13.2 Å². The fraction of sp³-hybridized carbons (Fsp3) is 0.500. The molecular formula is C16H23N3OS. The fourth-order valence-corrected chi connectivity index (χ4v) is 2.83. The normalized spacial score (nSPS) is 10.9. The molecule has 0 saturated carbocycles. The van der Waals surface area contributed by atoms with Crippen LogP contribution >= 0.6 is 11.3 Å². The summed E-state index contributed by atoms with van der Waals surface area (Å²) in [6.45, 7) is 10.5. The molecule has 2 heterocycles. The molecule has 0 aromatic carbocycles. The van der Waals surface area contributed by atoms with Crippen molar-refractivity contribution in [3.05, 3.63) is 39.1 Å². The van der Waals surface area contributed by atoms with Gasteiger partial charge in [-0.3, -0.25) is 4.98 Å². The third-order valence-corrected chi connectivity index (χ3v) is 4.26. The van der Waals surface area contributed by atoms with E-state index in [2.05, 4.69) is 29.1 Å². The predicted molar refractivity (Wildman–Crippen MR) is 86.9 cm³/mol. The molecule has 0 spiro atoms. The third kappa shape index (κ3) is 4.51. The zero-order chi connectivity index (χ0) is 15.2. The van der Waals surface area contributed by atoms with E-state index < -0.39 is 0 Å². The number of thiazole rings is 1. The summed E-state index contributed by atoms with van der Waals surface area (Å²) in [5.41, 5.74) is 3.07. The molecule has 0 bridgehead atoms. The number of rotatable bonds is 7. The first-order valence-electron chi connectivity index (χ1n) is 7.33. The van der Waals surface area contributed by atoms with Gasteiger partial charge in [0.25, 0.3) is 0 Å². The van der Waals surface area contributed by atoms with Gasteiger partial charge in [0, 0.05) is 17.1 Å². The zero-order valence-corrected chi connectivity index (χ0v) is 14.0. The molecule has 4 nitrogen and oxygen atoms in total. The molecule has 114 valence electrons. The maximum atomic E-state index is 5.92. The predicted octanol–water partition coefficient (Wildman–Crippen LogP) is 3.54. The average molecular weight is 305 g/mol. The smallest absolute Gasteiger partial charge is 0.142 e. The van der Waals surface area contributed by atoms with E-state index in [0.717, 1.165) is 47.3 Å². The molecule has 5 heteroatoms. The highest BCUT2D eigenvalue weighted by Crippen LogP contribution is 2.21. The quantitative estimate of drug-likeness (QED) is 0.795. The molecule has 0 aliphatic rings. The third-order valence-electron chi connectivity index (χ3n) is 3.21. The Bertz CT molecular complexity index is 576. The van der Waals surface area contributed by atoms with Crippen molar-refractivity contribution in [1.82, 2.24) is 15.3 Å². The van der Waals surface area contributed by atoms with Gasteiger partial charge in [-0.05, 0) is 45.9 Å². The maximum absolute atomic E-state index is 5.92. The van der Waals surface area contributed by atoms with Crippen LogP contribution in [0, 0.1) is 20.8 Å². The largest absolute Gasteiger partial charge is 0.484 e. The Hall–Kier alpha value is -1.46. The van der Waals surface area contributed by atoms with Gasteiger partial charge in [-0.1, -0.05) is 6.92 Å². The van der Waals surface area contributed by atoms with Gasteiger partial charge in [-0.15, -0.1) is 11.3 Å². The number of aromatic nitrogens is 2. The summed E-state index contributed by atoms with van der Waals surface area (Å²) in [6.07, 6.45) is 1.11. The topological polar surface area (TPSA) is 47.0 Å². The number of ether oxygens (including phenoxy) is 1. The first-order chi connectivity index (χ1) is 10.1. The Balaban J connectivity index is 2.04. The summed E-state index contributed by atoms with van der Waals surface area (Å²) >= 11 is 1.69. The van der Waals surface area contributed by atoms with Crippen molar-refractivity contribution in [3.63, 3.8) is 0 Å². The Morgan fingerprint density at radius 1 is 1.19 bits per heavy atom. The molecule has 0 fully saturated rings. The van der Waals surface area contributed by atoms with Crippen LogP contribution < -0.4 is 10.1 Å². The Kier molecular flexibility index (Phi) is 5.70. The molecule has 21 heavy (non-hydrogen) atoms. The lowest BCUT2D eigenvalue weighted by molar-refractivity contribution is 0.299. The SMILES string of the molecule is CCCNCc1nc(C)ccc1OCc1nc(C)c(C)s1. The second-order valence-electron chi connectivity index (χ2n) is 5.11. The fourth-order valence-electron chi connectivity index (χ4n) is 1.98. The van der Waals surface area contributed by atoms with Gasteiger partial charge in [0.1, 0.15) is 17.4 Å². The van der Waals surface area contributed by atoms with E-state index in [-0.39, 0.29) is 0 Å². The van der Waals surface area contributed by atoms with E-state index in [1.54, 1.807) is 11.3 Å². The second-order valence-corrected chi connectivity index (χ2v) is 6.40. The molecular weight excluding hydrogens is 282 g/mol. The van der Waals surface area contributed by atoms with Gasteiger partial charge < -0.3 is 10.1 Å². The molecule has 0 aliphatic heterocycles. The summed E-state index contributed by atoms with van der Waals surface area (Å²) in [5, 5.41) is 4.39. The summed E-state index contributed by atoms with van der Waals surface area (Å²) in [5.74, 6) is 0.842. The zero-order valence-electron chi connectivity index (χ0n) is 13.2. The van der Waals surface area contributed by atoms with Crippen LogP contribution in [0.4, 0.5) is 0 Å². The van der Waals surface area contributed by atoms with Crippen LogP contribution in [-0.4, -0.2) is 16.5 Å². The van der Waals surface area contributed by atoms with Crippen LogP contribution in [0.5, 0.6) is 5.75 Å². The van der Waals surface area contributed by atoms with Crippen LogP contribution in [0.25, 0.3) is 0 Å². The molecule has 0 saturated heterocycles. The van der Waals surface area contributed by atoms with Crippen LogP contribution in [0.15, 0.2) is 12.1 Å². The average Bonchev–Trinajstić information content (AvgIpc) is 2.77. The Morgan fingerprint density at radius 3 is 2.67 bits per heavy atom. The van der Waals surface area contributed by atoms with Crippen molar-refractivity contribution in [1.29, 1.82) is 0 Å². The van der Waals surface area contributed by atoms with E-state index in [1.165, 1.54) is 4.88 Å². The minimum atomic E-state index is 0.505. The highest BCUT2D eigenvalue weighted by atomic mass is 32.1. The monoisotopic (exact) mass is 305 g/mol. The lowest BCUT2D eigenvalue weighted by Crippen LogP contribution is -2.16. The second kappa shape index (κ2) is 7.52. The number of aryl methyl sites for hydroxylation is 3. The van der Waals surface area contributed by atoms with Crippen molar-refractivity contribution in [2.45, 2.75) is 47.3 Å². The summed E-state index contributed by atoms with van der Waals surface area (Å²) < 4.78 is 5.92. The molecule has 0 amide bonds. The molecule has 2 aromatic heterocycles. The van der Waals surface area contributed by atoms with Crippen LogP contribution in [0.3, 0.4) is 0 Å². The number of pyridine rings is 1. The van der Waals surface area contributed by atoms with Crippen LogP contribution in [0.1, 0.15) is 40.3 Å². The standard InChI is InChI=1S/C16H23N3OS/c1-5-8-17-9-14-15(7-6-11(2)18-14)20-10-16-19-12(3)13(4)21-16/h6-7,17H,5,8-10H2,1-4H3. The molecule has 0 atom stereocenters. The number of nitrogens with zero attached hydrogens (tertiary/aromatic N) is 2. The lowest BCUT2D eigenvalue weighted by Gasteiger charge is -2.11. The van der Waals surface area contributed by atoms with Gasteiger partial charge in [0.15, 0.2) is 0 Å².